The normalized spacial score (nSPS) is 15.4. The molecule has 1 atom stereocenters. The van der Waals surface area contributed by atoms with Gasteiger partial charge in [0.2, 0.25) is 5.91 Å². The molecular formula is C23H25FN4O4S. The second-order valence-electron chi connectivity index (χ2n) is 7.64. The van der Waals surface area contributed by atoms with Gasteiger partial charge >= 0.3 is 0 Å². The van der Waals surface area contributed by atoms with Crippen molar-refractivity contribution in [1.29, 1.82) is 0 Å². The molecule has 2 N–H and O–H groups in total. The minimum Gasteiger partial charge on any atom is -0.467 e. The number of thiazole rings is 1. The minimum absolute atomic E-state index is 0.0604. The minimum atomic E-state index is -0.408. The van der Waals surface area contributed by atoms with Crippen molar-refractivity contribution in [3.8, 4) is 0 Å². The third kappa shape index (κ3) is 6.39. The van der Waals surface area contributed by atoms with Gasteiger partial charge in [-0.2, -0.15) is 0 Å². The average molecular weight is 473 g/mol. The number of benzene rings is 1. The van der Waals surface area contributed by atoms with Crippen molar-refractivity contribution < 1.29 is 23.1 Å². The lowest BCUT2D eigenvalue weighted by Crippen LogP contribution is -2.37. The van der Waals surface area contributed by atoms with Gasteiger partial charge in [0, 0.05) is 31.5 Å². The predicted molar refractivity (Wildman–Crippen MR) is 122 cm³/mol. The van der Waals surface area contributed by atoms with Crippen LogP contribution in [-0.2, 0) is 16.1 Å². The number of anilines is 2. The van der Waals surface area contributed by atoms with Gasteiger partial charge in [-0.3, -0.25) is 9.59 Å². The molecule has 33 heavy (non-hydrogen) atoms. The van der Waals surface area contributed by atoms with Crippen molar-refractivity contribution in [3.05, 3.63) is 65.3 Å². The van der Waals surface area contributed by atoms with E-state index in [1.807, 2.05) is 0 Å². The van der Waals surface area contributed by atoms with E-state index in [4.69, 9.17) is 9.15 Å². The van der Waals surface area contributed by atoms with E-state index in [0.717, 1.165) is 19.4 Å². The second-order valence-corrected chi connectivity index (χ2v) is 8.50. The lowest BCUT2D eigenvalue weighted by Gasteiger charge is -2.21. The van der Waals surface area contributed by atoms with Gasteiger partial charge in [-0.25, -0.2) is 9.37 Å². The topological polar surface area (TPSA) is 96.7 Å². The maximum Gasteiger partial charge on any atom is 0.273 e. The van der Waals surface area contributed by atoms with E-state index >= 15 is 0 Å². The molecule has 3 aromatic rings. The molecule has 0 radical (unpaired) electrons. The number of halogens is 1. The monoisotopic (exact) mass is 472 g/mol. The maximum atomic E-state index is 13.9. The first kappa shape index (κ1) is 22.9. The van der Waals surface area contributed by atoms with E-state index < -0.39 is 5.82 Å². The third-order valence-corrected chi connectivity index (χ3v) is 5.97. The second kappa shape index (κ2) is 11.1. The van der Waals surface area contributed by atoms with E-state index in [0.29, 0.717) is 17.4 Å². The van der Waals surface area contributed by atoms with Gasteiger partial charge in [0.25, 0.3) is 5.91 Å². The van der Waals surface area contributed by atoms with Crippen LogP contribution in [0.5, 0.6) is 0 Å². The van der Waals surface area contributed by atoms with Gasteiger partial charge < -0.3 is 24.7 Å². The van der Waals surface area contributed by atoms with Crippen molar-refractivity contribution in [2.45, 2.75) is 31.9 Å². The van der Waals surface area contributed by atoms with Gasteiger partial charge in [0.05, 0.1) is 24.6 Å². The number of amides is 2. The fourth-order valence-electron chi connectivity index (χ4n) is 3.47. The lowest BCUT2D eigenvalue weighted by atomic mass is 10.2. The van der Waals surface area contributed by atoms with Crippen LogP contribution in [0, 0.1) is 5.82 Å². The molecule has 1 fully saturated rings. The summed E-state index contributed by atoms with van der Waals surface area (Å²) in [6, 6.07) is 9.75. The molecule has 174 valence electrons. The summed E-state index contributed by atoms with van der Waals surface area (Å²) in [5.74, 6) is -0.295. The van der Waals surface area contributed by atoms with E-state index in [1.54, 1.807) is 35.7 Å². The van der Waals surface area contributed by atoms with Gasteiger partial charge in [-0.15, -0.1) is 11.3 Å². The fraction of sp³-hybridized carbons (Fsp3) is 0.348. The zero-order valence-electron chi connectivity index (χ0n) is 18.0. The number of para-hydroxylation sites is 1. The van der Waals surface area contributed by atoms with Crippen LogP contribution in [0.15, 0.2) is 52.5 Å². The van der Waals surface area contributed by atoms with Crippen LogP contribution in [0.25, 0.3) is 0 Å². The van der Waals surface area contributed by atoms with Crippen molar-refractivity contribution in [2.24, 2.45) is 0 Å². The Balaban J connectivity index is 1.38. The van der Waals surface area contributed by atoms with E-state index in [2.05, 4.69) is 15.6 Å². The predicted octanol–water partition coefficient (Wildman–Crippen LogP) is 3.95. The van der Waals surface area contributed by atoms with Gasteiger partial charge in [-0.1, -0.05) is 12.1 Å². The number of ether oxygens (including phenoxy) is 1. The highest BCUT2D eigenvalue weighted by Gasteiger charge is 2.22. The van der Waals surface area contributed by atoms with Crippen molar-refractivity contribution in [2.75, 3.05) is 25.0 Å². The van der Waals surface area contributed by atoms with Crippen LogP contribution in [0.2, 0.25) is 0 Å². The molecule has 1 aromatic carbocycles. The Morgan fingerprint density at radius 2 is 2.12 bits per heavy atom. The van der Waals surface area contributed by atoms with Crippen LogP contribution in [0.3, 0.4) is 0 Å². The fourth-order valence-corrected chi connectivity index (χ4v) is 4.17. The first-order valence-corrected chi connectivity index (χ1v) is 11.6. The number of nitrogens with zero attached hydrogens (tertiary/aromatic N) is 2. The highest BCUT2D eigenvalue weighted by molar-refractivity contribution is 7.14. The molecule has 0 saturated carbocycles. The zero-order chi connectivity index (χ0) is 23.0. The van der Waals surface area contributed by atoms with E-state index in [-0.39, 0.29) is 48.8 Å². The molecule has 4 rings (SSSR count). The number of carbonyl (C=O) groups excluding carboxylic acids is 2. The number of furan rings is 1. The van der Waals surface area contributed by atoms with Crippen LogP contribution in [-0.4, -0.2) is 47.5 Å². The number of rotatable bonds is 10. The Kier molecular flexibility index (Phi) is 7.69. The number of nitrogens with one attached hydrogen (secondary N) is 2. The molecule has 2 amide bonds. The van der Waals surface area contributed by atoms with E-state index in [9.17, 15) is 14.0 Å². The van der Waals surface area contributed by atoms with Crippen molar-refractivity contribution >= 4 is 34.0 Å². The average Bonchev–Trinajstić information content (AvgIpc) is 3.59. The Labute approximate surface area is 194 Å². The van der Waals surface area contributed by atoms with Crippen molar-refractivity contribution in [3.63, 3.8) is 0 Å². The number of hydrogen-bond acceptors (Lipinski definition) is 7. The summed E-state index contributed by atoms with van der Waals surface area (Å²) in [5, 5.41) is 7.77. The summed E-state index contributed by atoms with van der Waals surface area (Å²) < 4.78 is 24.8. The van der Waals surface area contributed by atoms with Crippen molar-refractivity contribution in [1.82, 2.24) is 15.2 Å². The summed E-state index contributed by atoms with van der Waals surface area (Å²) in [6.07, 6.45) is 3.68. The first-order chi connectivity index (χ1) is 16.1. The first-order valence-electron chi connectivity index (χ1n) is 10.8. The smallest absolute Gasteiger partial charge is 0.273 e. The molecule has 0 unspecified atom stereocenters. The van der Waals surface area contributed by atoms with Gasteiger partial charge in [0.15, 0.2) is 5.13 Å². The standard InChI is InChI=1S/C23H25FN4O4S/c24-18-7-1-2-8-19(18)26-23-27-20(15-33-23)22(30)28(14-17-6-4-12-32-17)10-9-21(29)25-13-16-5-3-11-31-16/h1-2,4,6-8,12,15-16H,3,5,9-11,13-14H2,(H,25,29)(H,26,27)/t16-/m0/s1. The summed E-state index contributed by atoms with van der Waals surface area (Å²) in [5.41, 5.74) is 0.492. The van der Waals surface area contributed by atoms with Gasteiger partial charge in [0.1, 0.15) is 17.3 Å². The highest BCUT2D eigenvalue weighted by Crippen LogP contribution is 2.24. The lowest BCUT2D eigenvalue weighted by molar-refractivity contribution is -0.121. The maximum absolute atomic E-state index is 13.9. The molecule has 1 aliphatic rings. The molecular weight excluding hydrogens is 447 g/mol. The molecule has 0 bridgehead atoms. The molecule has 3 heterocycles. The number of aromatic nitrogens is 1. The van der Waals surface area contributed by atoms with Crippen LogP contribution in [0.1, 0.15) is 35.5 Å². The molecule has 10 heteroatoms. The highest BCUT2D eigenvalue weighted by atomic mass is 32.1. The number of carbonyl (C=O) groups is 2. The molecule has 2 aromatic heterocycles. The quantitative estimate of drug-likeness (QED) is 0.464. The van der Waals surface area contributed by atoms with Gasteiger partial charge in [-0.05, 0) is 37.1 Å². The Morgan fingerprint density at radius 3 is 2.88 bits per heavy atom. The zero-order valence-corrected chi connectivity index (χ0v) is 18.8. The molecule has 8 nitrogen and oxygen atoms in total. The summed E-state index contributed by atoms with van der Waals surface area (Å²) >= 11 is 1.20. The molecule has 1 aliphatic heterocycles. The van der Waals surface area contributed by atoms with Crippen LogP contribution in [0.4, 0.5) is 15.2 Å². The molecule has 0 spiro atoms. The summed E-state index contributed by atoms with van der Waals surface area (Å²) in [6.45, 7) is 1.61. The Morgan fingerprint density at radius 1 is 1.24 bits per heavy atom. The Bertz CT molecular complexity index is 1070. The van der Waals surface area contributed by atoms with Crippen LogP contribution < -0.4 is 10.6 Å². The molecule has 1 saturated heterocycles. The summed E-state index contributed by atoms with van der Waals surface area (Å²) in [7, 11) is 0. The SMILES string of the molecule is O=C(CCN(Cc1ccco1)C(=O)c1csc(Nc2ccccc2F)n1)NC[C@@H]1CCCO1. The van der Waals surface area contributed by atoms with Crippen LogP contribution >= 0.6 is 11.3 Å². The molecule has 0 aliphatic carbocycles. The van der Waals surface area contributed by atoms with E-state index in [1.165, 1.54) is 28.6 Å². The summed E-state index contributed by atoms with van der Waals surface area (Å²) in [4.78, 5) is 31.3. The number of hydrogen-bond donors (Lipinski definition) is 2. The largest absolute Gasteiger partial charge is 0.467 e. The Hall–Kier alpha value is -3.24. The third-order valence-electron chi connectivity index (χ3n) is 5.21.